The van der Waals surface area contributed by atoms with Gasteiger partial charge in [-0.3, -0.25) is 4.79 Å². The predicted octanol–water partition coefficient (Wildman–Crippen LogP) is 2.92. The Morgan fingerprint density at radius 2 is 1.97 bits per heavy atom. The van der Waals surface area contributed by atoms with Crippen LogP contribution >= 0.6 is 11.3 Å². The van der Waals surface area contributed by atoms with E-state index >= 15 is 0 Å². The van der Waals surface area contributed by atoms with Gasteiger partial charge in [-0.15, -0.1) is 11.3 Å². The number of rotatable bonds is 7. The van der Waals surface area contributed by atoms with E-state index in [0.717, 1.165) is 45.1 Å². The Bertz CT molecular complexity index is 1380. The topological polar surface area (TPSA) is 128 Å². The summed E-state index contributed by atoms with van der Waals surface area (Å²) in [5, 5.41) is 2.88. The van der Waals surface area contributed by atoms with Gasteiger partial charge in [-0.25, -0.2) is 19.9 Å². The van der Waals surface area contributed by atoms with Crippen molar-refractivity contribution < 1.29 is 14.3 Å². The first kappa shape index (κ1) is 24.0. The van der Waals surface area contributed by atoms with Gasteiger partial charge in [0.05, 0.1) is 35.6 Å². The molecule has 0 bridgehead atoms. The van der Waals surface area contributed by atoms with Crippen LogP contribution < -0.4 is 16.0 Å². The van der Waals surface area contributed by atoms with Gasteiger partial charge in [0.1, 0.15) is 0 Å². The zero-order valence-corrected chi connectivity index (χ0v) is 21.0. The summed E-state index contributed by atoms with van der Waals surface area (Å²) in [5.74, 6) is 1.48. The Morgan fingerprint density at radius 1 is 1.19 bits per heavy atom. The monoisotopic (exact) mass is 505 g/mol. The lowest BCUT2D eigenvalue weighted by Gasteiger charge is -2.28. The molecule has 4 heterocycles. The first-order valence-electron chi connectivity index (χ1n) is 11.6. The summed E-state index contributed by atoms with van der Waals surface area (Å²) in [4.78, 5) is 34.0. The van der Waals surface area contributed by atoms with Crippen molar-refractivity contribution in [2.24, 2.45) is 0 Å². The lowest BCUT2D eigenvalue weighted by Crippen LogP contribution is -2.36. The number of aromatic nitrogens is 4. The number of thiophene rings is 1. The number of aryl methyl sites for hydroxylation is 1. The first-order valence-corrected chi connectivity index (χ1v) is 12.5. The van der Waals surface area contributed by atoms with E-state index in [2.05, 4.69) is 27.1 Å². The number of nitrogens with two attached hydrogens (primary N) is 1. The van der Waals surface area contributed by atoms with E-state index in [4.69, 9.17) is 25.2 Å². The molecule has 0 atom stereocenters. The second kappa shape index (κ2) is 10.5. The fraction of sp³-hybridized carbons (Fsp3) is 0.320. The molecule has 3 aromatic heterocycles. The van der Waals surface area contributed by atoms with Gasteiger partial charge >= 0.3 is 0 Å². The van der Waals surface area contributed by atoms with E-state index in [1.165, 1.54) is 0 Å². The molecule has 1 aromatic carbocycles. The quantitative estimate of drug-likeness (QED) is 0.364. The molecule has 0 unspecified atom stereocenters. The molecule has 1 aliphatic rings. The van der Waals surface area contributed by atoms with Gasteiger partial charge in [-0.2, -0.15) is 0 Å². The van der Waals surface area contributed by atoms with E-state index in [-0.39, 0.29) is 11.9 Å². The third kappa shape index (κ3) is 4.85. The Labute approximate surface area is 212 Å². The summed E-state index contributed by atoms with van der Waals surface area (Å²) in [7, 11) is 1.61. The van der Waals surface area contributed by atoms with Gasteiger partial charge in [-0.05, 0) is 30.2 Å². The van der Waals surface area contributed by atoms with Crippen molar-refractivity contribution in [2.75, 3.05) is 57.2 Å². The maximum absolute atomic E-state index is 12.6. The van der Waals surface area contributed by atoms with Crippen molar-refractivity contribution in [2.45, 2.75) is 6.92 Å². The van der Waals surface area contributed by atoms with Crippen molar-refractivity contribution in [3.05, 3.63) is 47.8 Å². The van der Waals surface area contributed by atoms with Crippen molar-refractivity contribution in [3.63, 3.8) is 0 Å². The highest BCUT2D eigenvalue weighted by Gasteiger charge is 2.23. The van der Waals surface area contributed by atoms with Gasteiger partial charge in [0.15, 0.2) is 11.6 Å². The van der Waals surface area contributed by atoms with Crippen LogP contribution in [0.5, 0.6) is 0 Å². The number of morpholine rings is 1. The lowest BCUT2D eigenvalue weighted by atomic mass is 10.1. The fourth-order valence-corrected chi connectivity index (χ4v) is 5.35. The Morgan fingerprint density at radius 3 is 2.72 bits per heavy atom. The SMILES string of the molecule is COCCNC(=O)c1cccc(-c2sc3c(N4CCOCC4)nc(-c4cnc(N)nc4)nc3c2C)c1. The zero-order valence-electron chi connectivity index (χ0n) is 20.2. The van der Waals surface area contributed by atoms with Crippen molar-refractivity contribution >= 4 is 39.2 Å². The number of fused-ring (bicyclic) bond motifs is 1. The van der Waals surface area contributed by atoms with Crippen LogP contribution in [-0.4, -0.2) is 72.4 Å². The molecule has 0 aliphatic carbocycles. The molecule has 0 saturated carbocycles. The van der Waals surface area contributed by atoms with Gasteiger partial charge < -0.3 is 25.4 Å². The van der Waals surface area contributed by atoms with Gasteiger partial charge in [0.25, 0.3) is 5.91 Å². The van der Waals surface area contributed by atoms with E-state index in [0.29, 0.717) is 43.3 Å². The highest BCUT2D eigenvalue weighted by atomic mass is 32.1. The molecule has 4 aromatic rings. The number of hydrogen-bond acceptors (Lipinski definition) is 10. The molecular formula is C25H27N7O3S. The van der Waals surface area contributed by atoms with E-state index < -0.39 is 0 Å². The Kier molecular flexibility index (Phi) is 7.03. The molecule has 11 heteroatoms. The molecule has 1 fully saturated rings. The summed E-state index contributed by atoms with van der Waals surface area (Å²) in [6.07, 6.45) is 3.28. The van der Waals surface area contributed by atoms with Crippen LogP contribution in [0, 0.1) is 6.92 Å². The van der Waals surface area contributed by atoms with Crippen LogP contribution in [0.4, 0.5) is 11.8 Å². The van der Waals surface area contributed by atoms with E-state index in [1.807, 2.05) is 24.3 Å². The first-order chi connectivity index (χ1) is 17.5. The second-order valence-electron chi connectivity index (χ2n) is 8.36. The number of ether oxygens (including phenoxy) is 2. The molecule has 0 spiro atoms. The van der Waals surface area contributed by atoms with Gasteiger partial charge in [0.2, 0.25) is 5.95 Å². The van der Waals surface area contributed by atoms with Crippen LogP contribution in [0.25, 0.3) is 32.0 Å². The van der Waals surface area contributed by atoms with Crippen LogP contribution in [-0.2, 0) is 9.47 Å². The van der Waals surface area contributed by atoms with Crippen LogP contribution in [0.1, 0.15) is 15.9 Å². The molecular weight excluding hydrogens is 478 g/mol. The second-order valence-corrected chi connectivity index (χ2v) is 9.38. The van der Waals surface area contributed by atoms with E-state index in [9.17, 15) is 4.79 Å². The molecule has 1 saturated heterocycles. The summed E-state index contributed by atoms with van der Waals surface area (Å²) < 4.78 is 11.6. The van der Waals surface area contributed by atoms with Gasteiger partial charge in [-0.1, -0.05) is 12.1 Å². The maximum Gasteiger partial charge on any atom is 0.251 e. The number of amides is 1. The standard InChI is InChI=1S/C25H27N7O3S/c1-15-19-21(36-20(15)16-4-3-5-17(12-16)24(33)27-6-9-34-2)23(32-7-10-35-11-8-32)31-22(30-19)18-13-28-25(26)29-14-18/h3-5,12-14H,6-11H2,1-2H3,(H,27,33)(H2,26,28,29). The van der Waals surface area contributed by atoms with E-state index in [1.54, 1.807) is 30.8 Å². The molecule has 10 nitrogen and oxygen atoms in total. The number of nitrogens with zero attached hydrogens (tertiary/aromatic N) is 5. The molecule has 1 aliphatic heterocycles. The third-order valence-electron chi connectivity index (χ3n) is 5.97. The fourth-order valence-electron chi connectivity index (χ4n) is 4.09. The zero-order chi connectivity index (χ0) is 25.1. The summed E-state index contributed by atoms with van der Waals surface area (Å²) in [6, 6.07) is 7.64. The summed E-state index contributed by atoms with van der Waals surface area (Å²) >= 11 is 1.64. The smallest absolute Gasteiger partial charge is 0.251 e. The highest BCUT2D eigenvalue weighted by molar-refractivity contribution is 7.23. The maximum atomic E-state index is 12.6. The third-order valence-corrected chi connectivity index (χ3v) is 7.29. The lowest BCUT2D eigenvalue weighted by molar-refractivity contribution is 0.0937. The average Bonchev–Trinajstić information content (AvgIpc) is 3.25. The summed E-state index contributed by atoms with van der Waals surface area (Å²) in [6.45, 7) is 5.74. The van der Waals surface area contributed by atoms with Crippen molar-refractivity contribution in [1.29, 1.82) is 0 Å². The molecule has 186 valence electrons. The number of hydrogen-bond donors (Lipinski definition) is 2. The molecule has 5 rings (SSSR count). The number of carbonyl (C=O) groups excluding carboxylic acids is 1. The minimum atomic E-state index is -0.132. The Balaban J connectivity index is 1.60. The van der Waals surface area contributed by atoms with Crippen molar-refractivity contribution in [3.8, 4) is 21.8 Å². The minimum absolute atomic E-state index is 0.132. The predicted molar refractivity (Wildman–Crippen MR) is 140 cm³/mol. The molecule has 3 N–H and O–H groups in total. The normalized spacial score (nSPS) is 13.8. The number of methoxy groups -OCH3 is 1. The number of anilines is 2. The van der Waals surface area contributed by atoms with Gasteiger partial charge in [0, 0.05) is 49.6 Å². The van der Waals surface area contributed by atoms with Crippen LogP contribution in [0.3, 0.4) is 0 Å². The number of carbonyl (C=O) groups is 1. The van der Waals surface area contributed by atoms with Crippen molar-refractivity contribution in [1.82, 2.24) is 25.3 Å². The minimum Gasteiger partial charge on any atom is -0.383 e. The van der Waals surface area contributed by atoms with Crippen LogP contribution in [0.2, 0.25) is 0 Å². The number of nitrogen functional groups attached to an aromatic ring is 1. The molecule has 1 amide bonds. The summed E-state index contributed by atoms with van der Waals surface area (Å²) in [5.41, 5.74) is 9.83. The Hall–Kier alpha value is -3.67. The molecule has 0 radical (unpaired) electrons. The molecule has 36 heavy (non-hydrogen) atoms. The van der Waals surface area contributed by atoms with Crippen LogP contribution in [0.15, 0.2) is 36.7 Å². The largest absolute Gasteiger partial charge is 0.383 e. The average molecular weight is 506 g/mol. The number of benzene rings is 1. The highest BCUT2D eigenvalue weighted by Crippen LogP contribution is 2.42. The number of nitrogens with one attached hydrogen (secondary N) is 1.